The number of hydrogen-bond acceptors (Lipinski definition) is 3. The molecule has 0 radical (unpaired) electrons. The number of alkyl halides is 1. The zero-order valence-electron chi connectivity index (χ0n) is 9.22. The molecule has 0 aliphatic carbocycles. The molecule has 0 saturated carbocycles. The van der Waals surface area contributed by atoms with Gasteiger partial charge in [0, 0.05) is 5.75 Å². The van der Waals surface area contributed by atoms with Crippen LogP contribution in [-0.4, -0.2) is 24.0 Å². The van der Waals surface area contributed by atoms with Crippen molar-refractivity contribution in [3.05, 3.63) is 35.4 Å². The second-order valence-electron chi connectivity index (χ2n) is 3.60. The number of sulfone groups is 1. The van der Waals surface area contributed by atoms with Crippen LogP contribution < -0.4 is 0 Å². The molecule has 0 aliphatic rings. The van der Waals surface area contributed by atoms with Gasteiger partial charge >= 0.3 is 0 Å². The van der Waals surface area contributed by atoms with Gasteiger partial charge in [-0.15, -0.1) is 11.6 Å². The number of halogens is 1. The standard InChI is InChI=1S/C11H15ClO3S/c1-3-16(14,15)11(12)10(13)9-7-5-4-6-8(9)2/h4-7,10-11,13H,3H2,1-2H3/t10-,11-/m1/s1. The summed E-state index contributed by atoms with van der Waals surface area (Å²) in [4.78, 5) is 0. The van der Waals surface area contributed by atoms with Crippen LogP contribution in [0.2, 0.25) is 0 Å². The molecule has 5 heteroatoms. The molecule has 0 heterocycles. The van der Waals surface area contributed by atoms with Crippen LogP contribution in [0.15, 0.2) is 24.3 Å². The first kappa shape index (κ1) is 13.5. The van der Waals surface area contributed by atoms with Gasteiger partial charge in [0.15, 0.2) is 14.5 Å². The monoisotopic (exact) mass is 262 g/mol. The number of aryl methyl sites for hydroxylation is 1. The first-order valence-corrected chi connectivity index (χ1v) is 7.14. The third-order valence-corrected chi connectivity index (χ3v) is 5.30. The Morgan fingerprint density at radius 3 is 2.44 bits per heavy atom. The van der Waals surface area contributed by atoms with Gasteiger partial charge in [-0.05, 0) is 18.1 Å². The lowest BCUT2D eigenvalue weighted by molar-refractivity contribution is 0.191. The zero-order chi connectivity index (χ0) is 12.3. The molecule has 1 aromatic carbocycles. The normalized spacial score (nSPS) is 15.8. The molecule has 0 amide bonds. The molecule has 0 fully saturated rings. The molecule has 2 atom stereocenters. The quantitative estimate of drug-likeness (QED) is 0.845. The maximum Gasteiger partial charge on any atom is 0.169 e. The second kappa shape index (κ2) is 5.17. The molecular formula is C11H15ClO3S. The highest BCUT2D eigenvalue weighted by molar-refractivity contribution is 7.93. The average Bonchev–Trinajstić information content (AvgIpc) is 2.27. The maximum absolute atomic E-state index is 11.5. The van der Waals surface area contributed by atoms with Crippen LogP contribution in [0.1, 0.15) is 24.2 Å². The number of aliphatic hydroxyl groups is 1. The fraction of sp³-hybridized carbons (Fsp3) is 0.455. The van der Waals surface area contributed by atoms with Crippen molar-refractivity contribution in [3.63, 3.8) is 0 Å². The summed E-state index contributed by atoms with van der Waals surface area (Å²) in [6.07, 6.45) is -1.19. The van der Waals surface area contributed by atoms with Gasteiger partial charge in [0.25, 0.3) is 0 Å². The summed E-state index contributed by atoms with van der Waals surface area (Å²) in [6.45, 7) is 3.32. The molecule has 0 aromatic heterocycles. The van der Waals surface area contributed by atoms with Crippen LogP contribution >= 0.6 is 11.6 Å². The Hall–Kier alpha value is -0.580. The van der Waals surface area contributed by atoms with Gasteiger partial charge in [0.2, 0.25) is 0 Å². The van der Waals surface area contributed by atoms with Crippen molar-refractivity contribution in [2.24, 2.45) is 0 Å². The summed E-state index contributed by atoms with van der Waals surface area (Å²) in [5.74, 6) is -0.0793. The fourth-order valence-electron chi connectivity index (χ4n) is 1.42. The minimum absolute atomic E-state index is 0.0793. The Labute approximate surface area is 101 Å². The summed E-state index contributed by atoms with van der Waals surface area (Å²) >= 11 is 5.79. The van der Waals surface area contributed by atoms with E-state index in [0.29, 0.717) is 5.56 Å². The molecule has 3 nitrogen and oxygen atoms in total. The van der Waals surface area contributed by atoms with E-state index in [4.69, 9.17) is 11.6 Å². The van der Waals surface area contributed by atoms with Crippen molar-refractivity contribution in [1.29, 1.82) is 0 Å². The van der Waals surface area contributed by atoms with E-state index in [1.165, 1.54) is 6.92 Å². The van der Waals surface area contributed by atoms with Crippen molar-refractivity contribution in [2.45, 2.75) is 24.7 Å². The predicted molar refractivity (Wildman–Crippen MR) is 65.2 cm³/mol. The second-order valence-corrected chi connectivity index (χ2v) is 6.74. The van der Waals surface area contributed by atoms with Crippen LogP contribution in [-0.2, 0) is 9.84 Å². The average molecular weight is 263 g/mol. The van der Waals surface area contributed by atoms with Gasteiger partial charge in [-0.2, -0.15) is 0 Å². The molecule has 16 heavy (non-hydrogen) atoms. The number of rotatable bonds is 4. The molecule has 1 N–H and O–H groups in total. The van der Waals surface area contributed by atoms with E-state index in [-0.39, 0.29) is 5.75 Å². The van der Waals surface area contributed by atoms with E-state index in [2.05, 4.69) is 0 Å². The van der Waals surface area contributed by atoms with E-state index in [0.717, 1.165) is 5.56 Å². The number of hydrogen-bond donors (Lipinski definition) is 1. The first-order valence-electron chi connectivity index (χ1n) is 4.99. The van der Waals surface area contributed by atoms with Crippen LogP contribution in [0.4, 0.5) is 0 Å². The van der Waals surface area contributed by atoms with E-state index >= 15 is 0 Å². The Morgan fingerprint density at radius 1 is 1.38 bits per heavy atom. The maximum atomic E-state index is 11.5. The van der Waals surface area contributed by atoms with Crippen LogP contribution in [0.25, 0.3) is 0 Å². The van der Waals surface area contributed by atoms with Crippen LogP contribution in [0.3, 0.4) is 0 Å². The van der Waals surface area contributed by atoms with Gasteiger partial charge in [0.05, 0.1) is 0 Å². The van der Waals surface area contributed by atoms with E-state index in [9.17, 15) is 13.5 Å². The minimum atomic E-state index is -3.45. The lowest BCUT2D eigenvalue weighted by Gasteiger charge is -2.18. The molecule has 0 spiro atoms. The van der Waals surface area contributed by atoms with Crippen LogP contribution in [0.5, 0.6) is 0 Å². The van der Waals surface area contributed by atoms with Crippen molar-refractivity contribution >= 4 is 21.4 Å². The van der Waals surface area contributed by atoms with Crippen LogP contribution in [0, 0.1) is 6.92 Å². The molecule has 1 aromatic rings. The van der Waals surface area contributed by atoms with E-state index in [1.807, 2.05) is 6.07 Å². The Bertz CT molecular complexity index is 456. The molecule has 1 rings (SSSR count). The Balaban J connectivity index is 3.04. The number of benzene rings is 1. The molecule has 0 bridgehead atoms. The molecule has 0 saturated heterocycles. The van der Waals surface area contributed by atoms with E-state index in [1.54, 1.807) is 25.1 Å². The topological polar surface area (TPSA) is 54.4 Å². The third kappa shape index (κ3) is 2.75. The smallest absolute Gasteiger partial charge is 0.169 e. The molecule has 0 aliphatic heterocycles. The third-order valence-electron chi connectivity index (χ3n) is 2.50. The van der Waals surface area contributed by atoms with Gasteiger partial charge in [-0.3, -0.25) is 0 Å². The SMILES string of the molecule is CCS(=O)(=O)[C@@H](Cl)[C@H](O)c1ccccc1C. The summed E-state index contributed by atoms with van der Waals surface area (Å²) < 4.78 is 21.8. The molecule has 0 unspecified atom stereocenters. The molecule has 90 valence electrons. The first-order chi connectivity index (χ1) is 7.40. The van der Waals surface area contributed by atoms with Crippen molar-refractivity contribution in [3.8, 4) is 0 Å². The van der Waals surface area contributed by atoms with Gasteiger partial charge in [-0.1, -0.05) is 31.2 Å². The minimum Gasteiger partial charge on any atom is -0.386 e. The van der Waals surface area contributed by atoms with Crippen molar-refractivity contribution in [2.75, 3.05) is 5.75 Å². The summed E-state index contributed by atoms with van der Waals surface area (Å²) in [7, 11) is -3.45. The van der Waals surface area contributed by atoms with E-state index < -0.39 is 20.7 Å². The van der Waals surface area contributed by atoms with Gasteiger partial charge in [-0.25, -0.2) is 8.42 Å². The van der Waals surface area contributed by atoms with Gasteiger partial charge in [0.1, 0.15) is 6.10 Å². The highest BCUT2D eigenvalue weighted by atomic mass is 35.5. The summed E-state index contributed by atoms with van der Waals surface area (Å²) in [6, 6.07) is 7.05. The Kier molecular flexibility index (Phi) is 4.35. The summed E-state index contributed by atoms with van der Waals surface area (Å²) in [5, 5.41) is 9.93. The molecular weight excluding hydrogens is 248 g/mol. The number of aliphatic hydroxyl groups excluding tert-OH is 1. The Morgan fingerprint density at radius 2 is 1.94 bits per heavy atom. The fourth-order valence-corrected chi connectivity index (χ4v) is 2.79. The lowest BCUT2D eigenvalue weighted by atomic mass is 10.0. The lowest BCUT2D eigenvalue weighted by Crippen LogP contribution is -2.25. The summed E-state index contributed by atoms with van der Waals surface area (Å²) in [5.41, 5.74) is 1.38. The highest BCUT2D eigenvalue weighted by Gasteiger charge is 2.30. The highest BCUT2D eigenvalue weighted by Crippen LogP contribution is 2.27. The van der Waals surface area contributed by atoms with Crippen molar-refractivity contribution < 1.29 is 13.5 Å². The van der Waals surface area contributed by atoms with Gasteiger partial charge < -0.3 is 5.11 Å². The largest absolute Gasteiger partial charge is 0.386 e. The van der Waals surface area contributed by atoms with Crippen molar-refractivity contribution in [1.82, 2.24) is 0 Å². The zero-order valence-corrected chi connectivity index (χ0v) is 10.8. The predicted octanol–water partition coefficient (Wildman–Crippen LogP) is 2.03.